The van der Waals surface area contributed by atoms with E-state index in [0.717, 1.165) is 38.4 Å². The van der Waals surface area contributed by atoms with E-state index in [-0.39, 0.29) is 6.79 Å². The zero-order chi connectivity index (χ0) is 41.4. The zero-order valence-electron chi connectivity index (χ0n) is 32.1. The molecule has 0 aliphatic heterocycles. The third kappa shape index (κ3) is 12.6. The number of hydrogen-bond donors (Lipinski definition) is 0. The molecule has 14 heteroatoms. The van der Waals surface area contributed by atoms with Gasteiger partial charge in [-0.2, -0.15) is 13.2 Å². The molecule has 0 aliphatic carbocycles. The molecule has 9 nitrogen and oxygen atoms in total. The number of para-hydroxylation sites is 1. The molecule has 0 heterocycles. The van der Waals surface area contributed by atoms with Gasteiger partial charge in [-0.25, -0.2) is 8.42 Å². The maximum atomic E-state index is 10.7. The van der Waals surface area contributed by atoms with Crippen LogP contribution in [0.25, 0.3) is 21.5 Å². The van der Waals surface area contributed by atoms with Crippen LogP contribution in [0, 0.1) is 0 Å². The fourth-order valence-corrected chi connectivity index (χ4v) is 8.02. The topological polar surface area (TPSA) is 113 Å². The molecule has 0 aliphatic rings. The van der Waals surface area contributed by atoms with Gasteiger partial charge in [0.2, 0.25) is 4.90 Å². The molecule has 0 fully saturated rings. The van der Waals surface area contributed by atoms with E-state index in [0.29, 0.717) is 46.2 Å². The lowest BCUT2D eigenvalue weighted by molar-refractivity contribution is -0.0517. The highest BCUT2D eigenvalue weighted by Gasteiger charge is 2.37. The van der Waals surface area contributed by atoms with Crippen LogP contribution in [0.4, 0.5) is 13.2 Å². The van der Waals surface area contributed by atoms with E-state index in [2.05, 4.69) is 91.0 Å². The summed E-state index contributed by atoms with van der Waals surface area (Å²) < 4.78 is 94.1. The number of fused-ring (bicyclic) bond motifs is 3. The maximum Gasteiger partial charge on any atom is 0.485 e. The van der Waals surface area contributed by atoms with Gasteiger partial charge >= 0.3 is 5.51 Å². The lowest BCUT2D eigenvalue weighted by atomic mass is 9.96. The number of alkyl halides is 3. The van der Waals surface area contributed by atoms with Crippen LogP contribution in [0.1, 0.15) is 19.4 Å². The van der Waals surface area contributed by atoms with Gasteiger partial charge in [0, 0.05) is 13.2 Å². The average molecular weight is 839 g/mol. The number of hydrogen-bond acceptors (Lipinski definition) is 9. The molecule has 6 aromatic carbocycles. The Labute approximate surface area is 339 Å². The van der Waals surface area contributed by atoms with Crippen molar-refractivity contribution >= 4 is 42.6 Å². The minimum Gasteiger partial charge on any atom is -0.741 e. The van der Waals surface area contributed by atoms with Gasteiger partial charge in [0.25, 0.3) is 0 Å². The molecule has 0 saturated heterocycles. The van der Waals surface area contributed by atoms with E-state index in [9.17, 15) is 13.2 Å². The third-order valence-electron chi connectivity index (χ3n) is 8.54. The van der Waals surface area contributed by atoms with Gasteiger partial charge in [-0.1, -0.05) is 66.7 Å². The summed E-state index contributed by atoms with van der Waals surface area (Å²) in [5.74, 6) is 2.42. The standard InChI is InChI=1S/C43H45O6S.CHF3O3S/c1-3-44-27-29-47-35-17-21-37(22-18-35)50(38-23-19-36(20-24-38)48-30-28-45-4-2)43-16-10-9-15-42(43)49-32-46-26-25-34-31-33-11-5-6-12-39(33)41-14-8-7-13-40(34)41;2-1(3,4)8(5,6)7/h5-24,31H,3-4,25-30,32H2,1-2H3;(H,5,6,7)/q+1;/p-1. The molecular weight excluding hydrogens is 794 g/mol. The van der Waals surface area contributed by atoms with E-state index in [1.54, 1.807) is 0 Å². The molecule has 0 bridgehead atoms. The van der Waals surface area contributed by atoms with Gasteiger partial charge in [0.1, 0.15) is 35.6 Å². The molecule has 0 radical (unpaired) electrons. The summed E-state index contributed by atoms with van der Waals surface area (Å²) in [5.41, 5.74) is -4.37. The van der Waals surface area contributed by atoms with E-state index in [1.807, 2.05) is 50.2 Å². The first-order chi connectivity index (χ1) is 28.0. The molecule has 0 saturated carbocycles. The Balaban J connectivity index is 0.000000725. The van der Waals surface area contributed by atoms with Crippen molar-refractivity contribution < 1.29 is 54.6 Å². The first-order valence-corrected chi connectivity index (χ1v) is 21.2. The van der Waals surface area contributed by atoms with Crippen molar-refractivity contribution in [1.82, 2.24) is 0 Å². The van der Waals surface area contributed by atoms with Gasteiger partial charge in [-0.3, -0.25) is 0 Å². The molecule has 0 aromatic heterocycles. The molecule has 0 N–H and O–H groups in total. The molecular formula is C44H45F3O9S2. The predicted molar refractivity (Wildman–Crippen MR) is 218 cm³/mol. The summed E-state index contributed by atoms with van der Waals surface area (Å²) in [7, 11) is -6.56. The SMILES string of the molecule is CCOCCOc1ccc([S+](c2ccc(OCCOCC)cc2)c2ccccc2OCOCCc2cc3ccccc3c3ccccc23)cc1.O=S(=O)([O-])C(F)(F)F. The highest BCUT2D eigenvalue weighted by Crippen LogP contribution is 2.38. The largest absolute Gasteiger partial charge is 0.741 e. The summed E-state index contributed by atoms with van der Waals surface area (Å²) in [5, 5.41) is 5.05. The minimum atomic E-state index is -6.09. The van der Waals surface area contributed by atoms with Crippen LogP contribution in [0.2, 0.25) is 0 Å². The second-order valence-electron chi connectivity index (χ2n) is 12.4. The Morgan fingerprint density at radius 1 is 0.586 bits per heavy atom. The van der Waals surface area contributed by atoms with Gasteiger partial charge in [0.15, 0.2) is 32.5 Å². The first-order valence-electron chi connectivity index (χ1n) is 18.6. The second kappa shape index (κ2) is 21.8. The molecule has 58 heavy (non-hydrogen) atoms. The van der Waals surface area contributed by atoms with Crippen molar-refractivity contribution in [2.75, 3.05) is 53.0 Å². The van der Waals surface area contributed by atoms with Crippen LogP contribution in [0.3, 0.4) is 0 Å². The number of halogens is 3. The smallest absolute Gasteiger partial charge is 0.485 e. The predicted octanol–water partition coefficient (Wildman–Crippen LogP) is 9.57. The van der Waals surface area contributed by atoms with Crippen molar-refractivity contribution in [2.45, 2.75) is 40.5 Å². The molecule has 0 atom stereocenters. The Hall–Kier alpha value is -4.83. The van der Waals surface area contributed by atoms with Crippen LogP contribution in [0.5, 0.6) is 17.2 Å². The van der Waals surface area contributed by atoms with Crippen LogP contribution in [-0.2, 0) is 41.6 Å². The quantitative estimate of drug-likeness (QED) is 0.0197. The van der Waals surface area contributed by atoms with Crippen LogP contribution in [0.15, 0.2) is 142 Å². The molecule has 308 valence electrons. The van der Waals surface area contributed by atoms with Gasteiger partial charge < -0.3 is 33.0 Å². The summed E-state index contributed by atoms with van der Waals surface area (Å²) >= 11 is 0. The lowest BCUT2D eigenvalue weighted by Gasteiger charge is -2.14. The summed E-state index contributed by atoms with van der Waals surface area (Å²) in [6.07, 6.45) is 0.790. The van der Waals surface area contributed by atoms with Crippen molar-refractivity contribution in [1.29, 1.82) is 0 Å². The summed E-state index contributed by atoms with van der Waals surface area (Å²) in [4.78, 5) is 3.37. The highest BCUT2D eigenvalue weighted by atomic mass is 32.2. The summed E-state index contributed by atoms with van der Waals surface area (Å²) in [6.45, 7) is 8.17. The van der Waals surface area contributed by atoms with Crippen molar-refractivity contribution in [3.63, 3.8) is 0 Å². The van der Waals surface area contributed by atoms with Crippen LogP contribution in [-0.4, -0.2) is 71.5 Å². The molecule has 0 spiro atoms. The minimum absolute atomic E-state index is 0.152. The Morgan fingerprint density at radius 2 is 1.09 bits per heavy atom. The maximum absolute atomic E-state index is 10.7. The van der Waals surface area contributed by atoms with Crippen molar-refractivity contribution in [3.8, 4) is 17.2 Å². The number of ether oxygens (including phenoxy) is 6. The first kappa shape index (κ1) is 44.3. The number of benzene rings is 6. The number of rotatable bonds is 19. The molecule has 0 unspecified atom stereocenters. The Bertz CT molecular complexity index is 2230. The van der Waals surface area contributed by atoms with E-state index in [1.165, 1.54) is 27.1 Å². The van der Waals surface area contributed by atoms with E-state index >= 15 is 0 Å². The molecule has 0 amide bonds. The van der Waals surface area contributed by atoms with Gasteiger partial charge in [-0.15, -0.1) is 0 Å². The second-order valence-corrected chi connectivity index (χ2v) is 15.8. The van der Waals surface area contributed by atoms with Crippen molar-refractivity contribution in [3.05, 3.63) is 133 Å². The molecule has 6 rings (SSSR count). The van der Waals surface area contributed by atoms with Crippen molar-refractivity contribution in [2.24, 2.45) is 0 Å². The average Bonchev–Trinajstić information content (AvgIpc) is 3.22. The van der Waals surface area contributed by atoms with Crippen LogP contribution < -0.4 is 14.2 Å². The lowest BCUT2D eigenvalue weighted by Crippen LogP contribution is -2.21. The zero-order valence-corrected chi connectivity index (χ0v) is 33.7. The van der Waals surface area contributed by atoms with E-state index < -0.39 is 26.5 Å². The normalized spacial score (nSPS) is 11.7. The third-order valence-corrected chi connectivity index (χ3v) is 11.4. The highest BCUT2D eigenvalue weighted by molar-refractivity contribution is 7.97. The van der Waals surface area contributed by atoms with Crippen LogP contribution >= 0.6 is 0 Å². The Morgan fingerprint density at radius 3 is 1.64 bits per heavy atom. The fraction of sp³-hybridized carbons (Fsp3) is 0.273. The van der Waals surface area contributed by atoms with Gasteiger partial charge in [0.05, 0.1) is 19.8 Å². The summed E-state index contributed by atoms with van der Waals surface area (Å²) in [6, 6.07) is 44.3. The molecule has 6 aromatic rings. The van der Waals surface area contributed by atoms with E-state index in [4.69, 9.17) is 41.4 Å². The Kier molecular flexibility index (Phi) is 16.6. The van der Waals surface area contributed by atoms with Gasteiger partial charge in [-0.05, 0) is 108 Å². The monoisotopic (exact) mass is 838 g/mol. The fourth-order valence-electron chi connectivity index (χ4n) is 5.88.